The number of hydrogen-bond acceptors (Lipinski definition) is 4. The number of fused-ring (bicyclic) bond motifs is 4. The largest absolute Gasteiger partial charge is 0.208 e. The van der Waals surface area contributed by atoms with E-state index in [1.807, 2.05) is 0 Å². The van der Waals surface area contributed by atoms with E-state index >= 15 is 0 Å². The summed E-state index contributed by atoms with van der Waals surface area (Å²) in [5.41, 5.74) is -5.15. The molecule has 0 aliphatic heterocycles. The summed E-state index contributed by atoms with van der Waals surface area (Å²) in [6.07, 6.45) is 0. The van der Waals surface area contributed by atoms with Crippen molar-refractivity contribution in [1.82, 2.24) is 15.0 Å². The van der Waals surface area contributed by atoms with E-state index in [0.29, 0.717) is 11.3 Å². The monoisotopic (exact) mass is 644 g/mol. The van der Waals surface area contributed by atoms with Crippen molar-refractivity contribution in [2.24, 2.45) is 0 Å². The Labute approximate surface area is 314 Å². The Morgan fingerprint density at radius 2 is 0.915 bits per heavy atom. The van der Waals surface area contributed by atoms with Crippen LogP contribution in [0, 0.1) is 0 Å². The summed E-state index contributed by atoms with van der Waals surface area (Å²) in [4.78, 5) is 12.9. The number of aromatic nitrogens is 3. The van der Waals surface area contributed by atoms with Gasteiger partial charge in [-0.3, -0.25) is 0 Å². The average molecular weight is 645 g/mol. The van der Waals surface area contributed by atoms with Crippen LogP contribution in [-0.2, 0) is 0 Å². The molecule has 4 heteroatoms. The fraction of sp³-hybridized carbons (Fsp3) is 0. The average Bonchev–Trinajstić information content (AvgIpc) is 3.78. The fourth-order valence-electron chi connectivity index (χ4n) is 4.62. The molecule has 0 aliphatic rings. The minimum Gasteiger partial charge on any atom is -0.208 e. The van der Waals surface area contributed by atoms with Crippen molar-refractivity contribution in [3.8, 4) is 56.4 Å². The number of nitrogens with zero attached hydrogens (tertiary/aromatic N) is 3. The molecule has 3 nitrogen and oxygen atoms in total. The molecule has 9 aromatic rings. The van der Waals surface area contributed by atoms with Crippen molar-refractivity contribution in [2.75, 3.05) is 0 Å². The number of hydrogen-bond donors (Lipinski definition) is 0. The summed E-state index contributed by atoms with van der Waals surface area (Å²) in [6.45, 7) is 0. The van der Waals surface area contributed by atoms with Crippen molar-refractivity contribution >= 4 is 42.3 Å². The van der Waals surface area contributed by atoms with Crippen LogP contribution in [0.5, 0.6) is 0 Å². The first-order chi connectivity index (χ1) is 34.5. The summed E-state index contributed by atoms with van der Waals surface area (Å²) >= 11 is 0.684. The highest BCUT2D eigenvalue weighted by Gasteiger charge is 2.15. The van der Waals surface area contributed by atoms with Gasteiger partial charge in [0, 0.05) is 36.9 Å². The van der Waals surface area contributed by atoms with E-state index in [4.69, 9.17) is 27.4 Å². The van der Waals surface area contributed by atoms with Gasteiger partial charge in [-0.2, -0.15) is 0 Å². The van der Waals surface area contributed by atoms with Crippen LogP contribution in [0.4, 0.5) is 0 Å². The molecule has 2 aromatic heterocycles. The third kappa shape index (κ3) is 5.05. The van der Waals surface area contributed by atoms with Gasteiger partial charge in [0.1, 0.15) is 0 Å². The van der Waals surface area contributed by atoms with Gasteiger partial charge in [-0.15, -0.1) is 11.3 Å². The first kappa shape index (κ1) is 11.4. The minimum absolute atomic E-state index is 0.0551. The maximum atomic E-state index is 9.48. The molecule has 0 atom stereocenters. The summed E-state index contributed by atoms with van der Waals surface area (Å²) < 4.78 is 236. The van der Waals surface area contributed by atoms with Crippen molar-refractivity contribution in [3.05, 3.63) is 163 Å². The van der Waals surface area contributed by atoms with E-state index in [-0.39, 0.29) is 20.2 Å². The van der Waals surface area contributed by atoms with E-state index in [0.717, 1.165) is 0 Å². The SMILES string of the molecule is [2H]c1c([2H])c([2H])c(-c2nc(-c3c([2H])c([2H])c(-c4c([2H])c([2H])c5c(sc6c([2H])c([2H])c([2H])c([2H])c65)c4[2H])c([2H])c3[2H])nc(-c3c([2H])c([2H])c([2H])c4c([2H])c([2H])c(-c5c([2H])c([2H])c([2H])c([2H])c5[2H])c([2H])c34)n2)c([2H])c1[2H]. The molecule has 0 fully saturated rings. The Bertz CT molecular complexity index is 4030. The highest BCUT2D eigenvalue weighted by atomic mass is 32.1. The lowest BCUT2D eigenvalue weighted by Crippen LogP contribution is -2.00. The topological polar surface area (TPSA) is 38.7 Å². The van der Waals surface area contributed by atoms with E-state index in [9.17, 15) is 9.60 Å². The van der Waals surface area contributed by atoms with Gasteiger partial charge in [0.2, 0.25) is 0 Å². The first-order valence-corrected chi connectivity index (χ1v) is 14.3. The minimum atomic E-state index is -1.01. The van der Waals surface area contributed by atoms with Gasteiger partial charge in [-0.05, 0) is 51.2 Å². The van der Waals surface area contributed by atoms with Gasteiger partial charge >= 0.3 is 0 Å². The van der Waals surface area contributed by atoms with Crippen LogP contribution in [0.15, 0.2) is 163 Å². The quantitative estimate of drug-likeness (QED) is 0.187. The molecular formula is C43H27N3S. The zero-order valence-corrected chi connectivity index (χ0v) is 24.1. The number of thiophene rings is 1. The van der Waals surface area contributed by atoms with Gasteiger partial charge in [0.15, 0.2) is 17.5 Å². The summed E-state index contributed by atoms with van der Waals surface area (Å²) in [7, 11) is 0. The zero-order valence-electron chi connectivity index (χ0n) is 50.2. The number of benzene rings is 7. The first-order valence-electron chi connectivity index (χ1n) is 27.0. The second-order valence-corrected chi connectivity index (χ2v) is 10.6. The predicted octanol–water partition coefficient (Wildman–Crippen LogP) is 11.7. The molecular weight excluding hydrogens is 591 g/mol. The van der Waals surface area contributed by atoms with Crippen molar-refractivity contribution in [2.45, 2.75) is 0 Å². The van der Waals surface area contributed by atoms with E-state index < -0.39 is 230 Å². The Kier molecular flexibility index (Phi) is 2.77. The highest BCUT2D eigenvalue weighted by Crippen LogP contribution is 2.37. The van der Waals surface area contributed by atoms with E-state index in [2.05, 4.69) is 15.0 Å². The second kappa shape index (κ2) is 11.4. The molecule has 2 heterocycles. The van der Waals surface area contributed by atoms with Gasteiger partial charge in [0.25, 0.3) is 0 Å². The van der Waals surface area contributed by atoms with E-state index in [1.54, 1.807) is 0 Å². The van der Waals surface area contributed by atoms with Crippen molar-refractivity contribution in [1.29, 1.82) is 0 Å². The van der Waals surface area contributed by atoms with Crippen LogP contribution < -0.4 is 0 Å². The molecule has 0 saturated carbocycles. The van der Waals surface area contributed by atoms with Gasteiger partial charge in [0.05, 0.1) is 37.0 Å². The summed E-state index contributed by atoms with van der Waals surface area (Å²) in [5, 5.41) is -1.71. The zero-order chi connectivity index (χ0) is 54.7. The van der Waals surface area contributed by atoms with Crippen LogP contribution in [0.2, 0.25) is 0 Å². The third-order valence-corrected chi connectivity index (χ3v) is 7.77. The lowest BCUT2D eigenvalue weighted by atomic mass is 9.98. The normalized spacial score (nSPS) is 19.4. The lowest BCUT2D eigenvalue weighted by Gasteiger charge is -2.12. The standard InChI is InChI=1S/C43H27N3S/c1-3-10-28(11-4-1)33-23-20-30-14-9-16-37(38(30)26-33)43-45-41(31-12-5-2-6-13-31)44-42(46-43)32-21-18-29(19-22-32)34-24-25-36-35-15-7-8-17-39(35)47-40(36)27-34/h1-27H/i1D,2D,3D,4D,5D,6D,7D,8D,9D,10D,11D,12D,13D,14D,15D,16D,17D,18D,19D,20D,21D,22D,23D,24D,25D,26D,27D. The maximum absolute atomic E-state index is 9.48. The van der Waals surface area contributed by atoms with Gasteiger partial charge < -0.3 is 0 Å². The molecule has 0 unspecified atom stereocenters. The lowest BCUT2D eigenvalue weighted by molar-refractivity contribution is 1.08. The molecule has 0 aliphatic carbocycles. The highest BCUT2D eigenvalue weighted by molar-refractivity contribution is 7.25. The van der Waals surface area contributed by atoms with Crippen LogP contribution >= 0.6 is 11.3 Å². The maximum Gasteiger partial charge on any atom is 0.164 e. The van der Waals surface area contributed by atoms with Gasteiger partial charge in [-0.25, -0.2) is 15.0 Å². The molecule has 0 spiro atoms. The Balaban J connectivity index is 1.41. The molecule has 0 amide bonds. The molecule has 0 N–H and O–H groups in total. The Hall–Kier alpha value is -5.97. The molecule has 0 radical (unpaired) electrons. The van der Waals surface area contributed by atoms with Gasteiger partial charge in [-0.1, -0.05) is 145 Å². The van der Waals surface area contributed by atoms with Crippen LogP contribution in [0.25, 0.3) is 87.4 Å². The van der Waals surface area contributed by atoms with E-state index in [1.165, 1.54) is 0 Å². The summed E-state index contributed by atoms with van der Waals surface area (Å²) in [5.74, 6) is -2.64. The molecule has 7 aromatic carbocycles. The van der Waals surface area contributed by atoms with Crippen LogP contribution in [0.3, 0.4) is 0 Å². The Morgan fingerprint density at radius 3 is 1.70 bits per heavy atom. The molecule has 47 heavy (non-hydrogen) atoms. The molecule has 0 bridgehead atoms. The molecule has 220 valence electrons. The van der Waals surface area contributed by atoms with Crippen LogP contribution in [0.1, 0.15) is 37.0 Å². The third-order valence-electron chi connectivity index (χ3n) is 6.75. The predicted molar refractivity (Wildman–Crippen MR) is 197 cm³/mol. The molecule has 9 rings (SSSR count). The Morgan fingerprint density at radius 1 is 0.362 bits per heavy atom. The second-order valence-electron chi connectivity index (χ2n) is 9.57. The molecule has 0 saturated heterocycles. The summed E-state index contributed by atoms with van der Waals surface area (Å²) in [6, 6.07) is -23.0. The van der Waals surface area contributed by atoms with Crippen molar-refractivity contribution in [3.63, 3.8) is 0 Å². The fourth-order valence-corrected chi connectivity index (χ4v) is 5.59. The van der Waals surface area contributed by atoms with Crippen molar-refractivity contribution < 1.29 is 37.0 Å². The number of rotatable bonds is 5. The smallest absolute Gasteiger partial charge is 0.164 e. The van der Waals surface area contributed by atoms with Crippen LogP contribution in [-0.4, -0.2) is 15.0 Å².